The van der Waals surface area contributed by atoms with Gasteiger partial charge >= 0.3 is 0 Å². The van der Waals surface area contributed by atoms with Crippen LogP contribution in [0.4, 0.5) is 0 Å². The van der Waals surface area contributed by atoms with Crippen LogP contribution in [-0.2, 0) is 10.3 Å². The van der Waals surface area contributed by atoms with Crippen LogP contribution in [0.15, 0.2) is 103 Å². The van der Waals surface area contributed by atoms with E-state index in [1.807, 2.05) is 43.4 Å². The zero-order chi connectivity index (χ0) is 21.0. The molecule has 1 aliphatic rings. The zero-order valence-corrected chi connectivity index (χ0v) is 17.7. The van der Waals surface area contributed by atoms with Crippen molar-refractivity contribution in [3.8, 4) is 0 Å². The lowest BCUT2D eigenvalue weighted by atomic mass is 9.74. The Morgan fingerprint density at radius 1 is 0.767 bits per heavy atom. The number of Topliss-reactive ketones (excluding diaryl/α,β-unsaturated/α-hetero) is 1. The number of nitrogens with zero attached hydrogens (tertiary/aromatic N) is 2. The lowest BCUT2D eigenvalue weighted by Gasteiger charge is -2.47. The maximum Gasteiger partial charge on any atom is 0.174 e. The van der Waals surface area contributed by atoms with Crippen molar-refractivity contribution in [2.75, 3.05) is 27.2 Å². The molecule has 0 bridgehead atoms. The summed E-state index contributed by atoms with van der Waals surface area (Å²) in [6.45, 7) is 1.20. The molecule has 1 fully saturated rings. The second-order valence-corrected chi connectivity index (χ2v) is 8.02. The number of hydrogen-bond acceptors (Lipinski definition) is 3. The molecule has 3 aromatic carbocycles. The number of ketones is 1. The van der Waals surface area contributed by atoms with Crippen LogP contribution in [0.1, 0.15) is 23.1 Å². The molecule has 1 saturated heterocycles. The van der Waals surface area contributed by atoms with Crippen LogP contribution in [0, 0.1) is 0 Å². The van der Waals surface area contributed by atoms with Gasteiger partial charge in [0.15, 0.2) is 5.78 Å². The average Bonchev–Trinajstić information content (AvgIpc) is 2.78. The quantitative estimate of drug-likeness (QED) is 0.461. The van der Waals surface area contributed by atoms with E-state index >= 15 is 0 Å². The number of rotatable bonds is 5. The van der Waals surface area contributed by atoms with Crippen molar-refractivity contribution in [1.29, 1.82) is 0 Å². The molecule has 0 atom stereocenters. The van der Waals surface area contributed by atoms with Gasteiger partial charge in [-0.25, -0.2) is 0 Å². The summed E-state index contributed by atoms with van der Waals surface area (Å²) in [5, 5.41) is 0. The van der Waals surface area contributed by atoms with Gasteiger partial charge in [0.05, 0.1) is 12.1 Å². The third-order valence-corrected chi connectivity index (χ3v) is 5.81. The van der Waals surface area contributed by atoms with Gasteiger partial charge in [0.1, 0.15) is 0 Å². The molecule has 3 heteroatoms. The van der Waals surface area contributed by atoms with Crippen molar-refractivity contribution in [1.82, 2.24) is 9.80 Å². The fraction of sp³-hybridized carbons (Fsp3) is 0.222. The molecule has 0 spiro atoms. The third kappa shape index (κ3) is 3.69. The Bertz CT molecular complexity index is 914. The molecule has 3 aromatic rings. The van der Waals surface area contributed by atoms with Crippen molar-refractivity contribution in [2.24, 2.45) is 0 Å². The van der Waals surface area contributed by atoms with Crippen LogP contribution in [0.25, 0.3) is 0 Å². The van der Waals surface area contributed by atoms with Crippen molar-refractivity contribution >= 4 is 5.78 Å². The highest BCUT2D eigenvalue weighted by Crippen LogP contribution is 2.43. The minimum Gasteiger partial charge on any atom is -0.383 e. The van der Waals surface area contributed by atoms with E-state index in [2.05, 4.69) is 77.7 Å². The number of piperidine rings is 1. The van der Waals surface area contributed by atoms with Crippen molar-refractivity contribution in [3.05, 3.63) is 119 Å². The van der Waals surface area contributed by atoms with Gasteiger partial charge in [-0.2, -0.15) is 0 Å². The van der Waals surface area contributed by atoms with E-state index in [1.54, 1.807) is 0 Å². The summed E-state index contributed by atoms with van der Waals surface area (Å²) >= 11 is 0. The minimum absolute atomic E-state index is 0.196. The molecular weight excluding hydrogens is 368 g/mol. The van der Waals surface area contributed by atoms with Crippen molar-refractivity contribution in [3.63, 3.8) is 0 Å². The molecule has 3 nitrogen and oxygen atoms in total. The number of carbonyl (C=O) groups is 1. The lowest BCUT2D eigenvalue weighted by molar-refractivity contribution is -0.119. The van der Waals surface area contributed by atoms with Gasteiger partial charge in [0, 0.05) is 32.4 Å². The van der Waals surface area contributed by atoms with Gasteiger partial charge in [-0.1, -0.05) is 91.0 Å². The Balaban J connectivity index is 1.92. The molecule has 0 radical (unpaired) electrons. The van der Waals surface area contributed by atoms with Crippen molar-refractivity contribution < 1.29 is 4.79 Å². The van der Waals surface area contributed by atoms with Gasteiger partial charge in [0.25, 0.3) is 0 Å². The van der Waals surface area contributed by atoms with Gasteiger partial charge in [-0.15, -0.1) is 0 Å². The number of benzene rings is 3. The summed E-state index contributed by atoms with van der Waals surface area (Å²) in [7, 11) is 3.93. The molecule has 0 unspecified atom stereocenters. The summed E-state index contributed by atoms with van der Waals surface area (Å²) in [6, 6.07) is 31.7. The molecule has 0 N–H and O–H groups in total. The number of likely N-dealkylation sites (tertiary alicyclic amines) is 1. The molecule has 0 aromatic heterocycles. The Kier molecular flexibility index (Phi) is 5.82. The second kappa shape index (κ2) is 8.68. The third-order valence-electron chi connectivity index (χ3n) is 5.81. The lowest BCUT2D eigenvalue weighted by Crippen LogP contribution is -2.53. The first-order valence-corrected chi connectivity index (χ1v) is 10.4. The first-order valence-electron chi connectivity index (χ1n) is 10.4. The number of hydrogen-bond donors (Lipinski definition) is 0. The number of carbonyl (C=O) groups excluding carboxylic acids is 1. The molecule has 30 heavy (non-hydrogen) atoms. The first kappa shape index (κ1) is 20.1. The topological polar surface area (TPSA) is 23.6 Å². The molecule has 1 heterocycles. The van der Waals surface area contributed by atoms with Crippen LogP contribution in [0.3, 0.4) is 0 Å². The average molecular weight is 397 g/mol. The van der Waals surface area contributed by atoms with E-state index in [-0.39, 0.29) is 5.78 Å². The monoisotopic (exact) mass is 396 g/mol. The van der Waals surface area contributed by atoms with Gasteiger partial charge in [-0.05, 0) is 23.1 Å². The molecule has 0 amide bonds. The van der Waals surface area contributed by atoms with Crippen LogP contribution in [-0.4, -0.2) is 42.8 Å². The van der Waals surface area contributed by atoms with Gasteiger partial charge < -0.3 is 4.90 Å². The fourth-order valence-corrected chi connectivity index (χ4v) is 4.57. The highest BCUT2D eigenvalue weighted by atomic mass is 16.1. The summed E-state index contributed by atoms with van der Waals surface area (Å²) < 4.78 is 0. The molecule has 0 aliphatic carbocycles. The summed E-state index contributed by atoms with van der Waals surface area (Å²) in [6.07, 6.45) is 2.71. The second-order valence-electron chi connectivity index (χ2n) is 8.02. The standard InChI is InChI=1S/C27H28N2O/c1-28(2)20-22-18-19-29(21-26(22)30)27(23-12-6-3-7-13-23,24-14-8-4-9-15-24)25-16-10-5-11-17-25/h3-17,20H,18-19,21H2,1-2H3. The SMILES string of the molecule is CN(C)C=C1CCN(C(c2ccccc2)(c2ccccc2)c2ccccc2)CC1=O. The zero-order valence-electron chi connectivity index (χ0n) is 17.7. The Morgan fingerprint density at radius 2 is 1.20 bits per heavy atom. The minimum atomic E-state index is -0.525. The largest absolute Gasteiger partial charge is 0.383 e. The Hall–Kier alpha value is -3.17. The smallest absolute Gasteiger partial charge is 0.174 e. The molecular formula is C27H28N2O. The van der Waals surface area contributed by atoms with Crippen LogP contribution < -0.4 is 0 Å². The maximum atomic E-state index is 13.1. The predicted octanol–water partition coefficient (Wildman–Crippen LogP) is 4.70. The van der Waals surface area contributed by atoms with E-state index in [0.717, 1.165) is 18.5 Å². The fourth-order valence-electron chi connectivity index (χ4n) is 4.57. The normalized spacial score (nSPS) is 16.6. The molecule has 4 rings (SSSR count). The van der Waals surface area contributed by atoms with Crippen LogP contribution in [0.2, 0.25) is 0 Å². The van der Waals surface area contributed by atoms with E-state index in [0.29, 0.717) is 6.54 Å². The van der Waals surface area contributed by atoms with Gasteiger partial charge in [0.2, 0.25) is 0 Å². The van der Waals surface area contributed by atoms with E-state index in [1.165, 1.54) is 16.7 Å². The highest BCUT2D eigenvalue weighted by molar-refractivity contribution is 5.97. The highest BCUT2D eigenvalue weighted by Gasteiger charge is 2.44. The molecule has 152 valence electrons. The van der Waals surface area contributed by atoms with Crippen LogP contribution >= 0.6 is 0 Å². The van der Waals surface area contributed by atoms with Crippen molar-refractivity contribution in [2.45, 2.75) is 12.0 Å². The molecule has 1 aliphatic heterocycles. The van der Waals surface area contributed by atoms with E-state index in [9.17, 15) is 4.79 Å². The van der Waals surface area contributed by atoms with Crippen LogP contribution in [0.5, 0.6) is 0 Å². The summed E-state index contributed by atoms with van der Waals surface area (Å²) in [5.41, 5.74) is 3.91. The predicted molar refractivity (Wildman–Crippen MR) is 122 cm³/mol. The summed E-state index contributed by atoms with van der Waals surface area (Å²) in [5.74, 6) is 0.196. The Labute approximate surface area is 179 Å². The van der Waals surface area contributed by atoms with Gasteiger partial charge in [-0.3, -0.25) is 9.69 Å². The Morgan fingerprint density at radius 3 is 1.57 bits per heavy atom. The molecule has 0 saturated carbocycles. The maximum absolute atomic E-state index is 13.1. The van der Waals surface area contributed by atoms with E-state index < -0.39 is 5.54 Å². The first-order chi connectivity index (χ1) is 14.6. The summed E-state index contributed by atoms with van der Waals surface area (Å²) in [4.78, 5) is 17.5. The van der Waals surface area contributed by atoms with E-state index in [4.69, 9.17) is 0 Å².